The van der Waals surface area contributed by atoms with Gasteiger partial charge in [0.1, 0.15) is 5.56 Å². The molecule has 1 atom stereocenters. The molecule has 0 amide bonds. The molecule has 2 aromatic heterocycles. The van der Waals surface area contributed by atoms with Crippen molar-refractivity contribution >= 4 is 5.97 Å². The normalized spacial score (nSPS) is 12.9. The number of benzene rings is 1. The topological polar surface area (TPSA) is 99.0 Å². The minimum atomic E-state index is -4.83. The lowest BCUT2D eigenvalue weighted by atomic mass is 10.1. The molecule has 0 saturated carbocycles. The molecule has 1 unspecified atom stereocenters. The summed E-state index contributed by atoms with van der Waals surface area (Å²) in [7, 11) is 0. The van der Waals surface area contributed by atoms with E-state index in [1.807, 2.05) is 25.3 Å². The maximum absolute atomic E-state index is 12.9. The number of nitrogens with zero attached hydrogens (tertiary/aromatic N) is 4. The third-order valence-electron chi connectivity index (χ3n) is 4.35. The van der Waals surface area contributed by atoms with E-state index >= 15 is 0 Å². The van der Waals surface area contributed by atoms with E-state index in [-0.39, 0.29) is 12.6 Å². The number of alkyl halides is 3. The summed E-state index contributed by atoms with van der Waals surface area (Å²) in [6, 6.07) is 7.16. The van der Waals surface area contributed by atoms with E-state index in [9.17, 15) is 18.0 Å². The highest BCUT2D eigenvalue weighted by molar-refractivity contribution is 5.88. The quantitative estimate of drug-likeness (QED) is 0.671. The first-order valence-corrected chi connectivity index (χ1v) is 8.39. The molecule has 0 aliphatic rings. The van der Waals surface area contributed by atoms with Crippen molar-refractivity contribution in [3.63, 3.8) is 0 Å². The van der Waals surface area contributed by atoms with Crippen molar-refractivity contribution in [2.24, 2.45) is 5.73 Å². The van der Waals surface area contributed by atoms with Gasteiger partial charge in [0.25, 0.3) is 0 Å². The number of hydrogen-bond acceptors (Lipinski definition) is 4. The molecule has 0 spiro atoms. The van der Waals surface area contributed by atoms with Crippen LogP contribution in [-0.2, 0) is 19.3 Å². The van der Waals surface area contributed by atoms with Gasteiger partial charge >= 0.3 is 12.1 Å². The average molecular weight is 393 g/mol. The van der Waals surface area contributed by atoms with E-state index in [4.69, 9.17) is 10.8 Å². The second kappa shape index (κ2) is 7.47. The predicted octanol–water partition coefficient (Wildman–Crippen LogP) is 2.91. The molecule has 0 aliphatic carbocycles. The Morgan fingerprint density at radius 2 is 1.89 bits per heavy atom. The van der Waals surface area contributed by atoms with Gasteiger partial charge in [-0.25, -0.2) is 4.79 Å². The number of rotatable bonds is 6. The molecule has 0 saturated heterocycles. The van der Waals surface area contributed by atoms with Gasteiger partial charge in [0.05, 0.1) is 18.8 Å². The van der Waals surface area contributed by atoms with Crippen molar-refractivity contribution in [3.05, 3.63) is 70.8 Å². The van der Waals surface area contributed by atoms with Crippen LogP contribution in [0.2, 0.25) is 0 Å². The monoisotopic (exact) mass is 393 g/mol. The van der Waals surface area contributed by atoms with Crippen LogP contribution in [0.4, 0.5) is 13.2 Å². The third kappa shape index (κ3) is 4.06. The Balaban J connectivity index is 1.78. The van der Waals surface area contributed by atoms with E-state index in [1.165, 1.54) is 0 Å². The first kappa shape index (κ1) is 19.6. The summed E-state index contributed by atoms with van der Waals surface area (Å²) in [6.45, 7) is 2.38. The van der Waals surface area contributed by atoms with E-state index in [2.05, 4.69) is 10.2 Å². The van der Waals surface area contributed by atoms with Gasteiger partial charge in [-0.05, 0) is 18.1 Å². The highest BCUT2D eigenvalue weighted by atomic mass is 19.4. The number of aromatic carboxylic acids is 1. The Bertz CT molecular complexity index is 976. The van der Waals surface area contributed by atoms with Crippen LogP contribution in [-0.4, -0.2) is 30.6 Å². The van der Waals surface area contributed by atoms with E-state index in [1.54, 1.807) is 23.0 Å². The Labute approximate surface area is 158 Å². The van der Waals surface area contributed by atoms with Crippen LogP contribution < -0.4 is 5.73 Å². The third-order valence-corrected chi connectivity index (χ3v) is 4.35. The molecule has 148 valence electrons. The number of hydrogen-bond donors (Lipinski definition) is 2. The first-order chi connectivity index (χ1) is 13.2. The fourth-order valence-corrected chi connectivity index (χ4v) is 2.80. The smallest absolute Gasteiger partial charge is 0.436 e. The van der Waals surface area contributed by atoms with Gasteiger partial charge in [-0.3, -0.25) is 9.36 Å². The molecule has 28 heavy (non-hydrogen) atoms. The minimum absolute atomic E-state index is 0.0180. The Kier molecular flexibility index (Phi) is 5.23. The van der Waals surface area contributed by atoms with Crippen LogP contribution in [0.15, 0.2) is 42.9 Å². The molecular weight excluding hydrogens is 375 g/mol. The second-order valence-electron chi connectivity index (χ2n) is 6.34. The lowest BCUT2D eigenvalue weighted by molar-refractivity contribution is -0.142. The summed E-state index contributed by atoms with van der Waals surface area (Å²) < 4.78 is 41.6. The standard InChI is InChI=1S/C18H18F3N5O2/c1-11(26-9-13(6-22)7-23-26)14-4-2-12(3-5-14)8-25-10-15(17(27)28)16(24-25)18(19,20)21/h2-5,7,9-11H,6,8,22H2,1H3,(H,27,28). The molecule has 3 aromatic rings. The summed E-state index contributed by atoms with van der Waals surface area (Å²) >= 11 is 0. The minimum Gasteiger partial charge on any atom is -0.478 e. The van der Waals surface area contributed by atoms with E-state index < -0.39 is 23.4 Å². The Morgan fingerprint density at radius 3 is 2.39 bits per heavy atom. The second-order valence-corrected chi connectivity index (χ2v) is 6.34. The molecular formula is C18H18F3N5O2. The van der Waals surface area contributed by atoms with Gasteiger partial charge in [-0.2, -0.15) is 23.4 Å². The zero-order valence-electron chi connectivity index (χ0n) is 14.9. The highest BCUT2D eigenvalue weighted by Crippen LogP contribution is 2.31. The van der Waals surface area contributed by atoms with Gasteiger partial charge < -0.3 is 10.8 Å². The van der Waals surface area contributed by atoms with Crippen LogP contribution >= 0.6 is 0 Å². The molecule has 3 rings (SSSR count). The van der Waals surface area contributed by atoms with E-state index in [0.717, 1.165) is 22.0 Å². The summed E-state index contributed by atoms with van der Waals surface area (Å²) in [4.78, 5) is 11.0. The highest BCUT2D eigenvalue weighted by Gasteiger charge is 2.39. The zero-order chi connectivity index (χ0) is 20.5. The largest absolute Gasteiger partial charge is 0.478 e. The Morgan fingerprint density at radius 1 is 1.21 bits per heavy atom. The zero-order valence-corrected chi connectivity index (χ0v) is 14.9. The number of aromatic nitrogens is 4. The first-order valence-electron chi connectivity index (χ1n) is 8.39. The molecule has 10 heteroatoms. The number of carboxylic acids is 1. The summed E-state index contributed by atoms with van der Waals surface area (Å²) in [5.41, 5.74) is 5.87. The lowest BCUT2D eigenvalue weighted by Crippen LogP contribution is -2.12. The van der Waals surface area contributed by atoms with Crippen molar-refractivity contribution in [2.45, 2.75) is 32.2 Å². The average Bonchev–Trinajstić information content (AvgIpc) is 3.28. The fraction of sp³-hybridized carbons (Fsp3) is 0.278. The molecule has 0 bridgehead atoms. The predicted molar refractivity (Wildman–Crippen MR) is 93.7 cm³/mol. The van der Waals surface area contributed by atoms with Crippen molar-refractivity contribution in [1.82, 2.24) is 19.6 Å². The maximum Gasteiger partial charge on any atom is 0.436 e. The number of halogens is 3. The molecule has 0 aliphatic heterocycles. The number of carboxylic acid groups (broad SMARTS) is 1. The molecule has 1 aromatic carbocycles. The van der Waals surface area contributed by atoms with E-state index in [0.29, 0.717) is 12.1 Å². The number of nitrogens with two attached hydrogens (primary N) is 1. The van der Waals surface area contributed by atoms with Crippen molar-refractivity contribution in [3.8, 4) is 0 Å². The fourth-order valence-electron chi connectivity index (χ4n) is 2.80. The van der Waals surface area contributed by atoms with Crippen LogP contribution in [0.5, 0.6) is 0 Å². The SMILES string of the molecule is CC(c1ccc(Cn2cc(C(=O)O)c(C(F)(F)F)n2)cc1)n1cc(CN)cn1. The van der Waals surface area contributed by atoms with Crippen molar-refractivity contribution in [1.29, 1.82) is 0 Å². The van der Waals surface area contributed by atoms with Gasteiger partial charge in [0.15, 0.2) is 5.69 Å². The summed E-state index contributed by atoms with van der Waals surface area (Å²) in [5, 5.41) is 16.6. The molecule has 2 heterocycles. The van der Waals surface area contributed by atoms with Crippen LogP contribution in [0.25, 0.3) is 0 Å². The lowest BCUT2D eigenvalue weighted by Gasteiger charge is -2.13. The molecule has 7 nitrogen and oxygen atoms in total. The van der Waals surface area contributed by atoms with Crippen LogP contribution in [0.1, 0.15) is 45.7 Å². The summed E-state index contributed by atoms with van der Waals surface area (Å²) in [5.74, 6) is -1.67. The van der Waals surface area contributed by atoms with Crippen molar-refractivity contribution in [2.75, 3.05) is 0 Å². The Hall–Kier alpha value is -3.14. The van der Waals surface area contributed by atoms with Gasteiger partial charge in [-0.15, -0.1) is 0 Å². The number of carbonyl (C=O) groups is 1. The van der Waals surface area contributed by atoms with Crippen molar-refractivity contribution < 1.29 is 23.1 Å². The van der Waals surface area contributed by atoms with Gasteiger partial charge in [-0.1, -0.05) is 24.3 Å². The molecule has 0 radical (unpaired) electrons. The molecule has 3 N–H and O–H groups in total. The van der Waals surface area contributed by atoms with Crippen LogP contribution in [0.3, 0.4) is 0 Å². The maximum atomic E-state index is 12.9. The van der Waals surface area contributed by atoms with Crippen LogP contribution in [0, 0.1) is 0 Å². The summed E-state index contributed by atoms with van der Waals surface area (Å²) in [6.07, 6.45) is -0.389. The molecule has 0 fully saturated rings. The van der Waals surface area contributed by atoms with Gasteiger partial charge in [0.2, 0.25) is 0 Å². The van der Waals surface area contributed by atoms with Gasteiger partial charge in [0, 0.05) is 24.5 Å².